The van der Waals surface area contributed by atoms with E-state index < -0.39 is 11.9 Å². The number of aromatic nitrogens is 1. The standard InChI is InChI=1S/C24H28N4O3.C2H2O4/c1-28-13-11-18-23(17-6-4-5-7-19(17)26-24(18)28)27-22(29)15-25-12-10-16-8-9-20(30-2)21(14-16)31-3;3-1(4)2(5)6/h4-9,14,25H,10-13,15H2,1-3H3,(H,26,27,29);(H,3,4)(H,5,6). The van der Waals surface area contributed by atoms with Gasteiger partial charge in [-0.15, -0.1) is 0 Å². The molecule has 11 nitrogen and oxygen atoms in total. The Morgan fingerprint density at radius 2 is 1.73 bits per heavy atom. The summed E-state index contributed by atoms with van der Waals surface area (Å²) in [6.45, 7) is 1.83. The van der Waals surface area contributed by atoms with Gasteiger partial charge in [-0.2, -0.15) is 0 Å². The summed E-state index contributed by atoms with van der Waals surface area (Å²) in [4.78, 5) is 37.8. The Morgan fingerprint density at radius 1 is 1.03 bits per heavy atom. The number of aliphatic carboxylic acids is 2. The minimum Gasteiger partial charge on any atom is -0.493 e. The average molecular weight is 511 g/mol. The van der Waals surface area contributed by atoms with Crippen LogP contribution in [0.15, 0.2) is 42.5 Å². The lowest BCUT2D eigenvalue weighted by molar-refractivity contribution is -0.159. The van der Waals surface area contributed by atoms with Crippen LogP contribution in [0.3, 0.4) is 0 Å². The third-order valence-electron chi connectivity index (χ3n) is 5.80. The smallest absolute Gasteiger partial charge is 0.414 e. The van der Waals surface area contributed by atoms with Crippen LogP contribution in [0.25, 0.3) is 10.9 Å². The molecule has 4 N–H and O–H groups in total. The molecule has 0 bridgehead atoms. The summed E-state index contributed by atoms with van der Waals surface area (Å²) in [5.41, 5.74) is 4.01. The number of likely N-dealkylation sites (N-methyl/N-ethyl adjacent to an activating group) is 1. The molecule has 0 aliphatic carbocycles. The highest BCUT2D eigenvalue weighted by Gasteiger charge is 2.24. The predicted molar refractivity (Wildman–Crippen MR) is 139 cm³/mol. The Labute approximate surface area is 214 Å². The fraction of sp³-hybridized carbons (Fsp3) is 0.308. The Balaban J connectivity index is 0.000000568. The molecule has 2 heterocycles. The Bertz CT molecular complexity index is 1280. The number of methoxy groups -OCH3 is 2. The number of nitrogens with one attached hydrogen (secondary N) is 2. The van der Waals surface area contributed by atoms with E-state index in [0.29, 0.717) is 18.0 Å². The fourth-order valence-corrected chi connectivity index (χ4v) is 3.97. The van der Waals surface area contributed by atoms with Gasteiger partial charge in [-0.1, -0.05) is 24.3 Å². The number of carboxylic acid groups (broad SMARTS) is 2. The Kier molecular flexibility index (Phi) is 9.22. The Morgan fingerprint density at radius 3 is 2.41 bits per heavy atom. The van der Waals surface area contributed by atoms with E-state index in [0.717, 1.165) is 52.9 Å². The van der Waals surface area contributed by atoms with Crippen LogP contribution in [-0.2, 0) is 27.2 Å². The molecule has 196 valence electrons. The summed E-state index contributed by atoms with van der Waals surface area (Å²) < 4.78 is 10.6. The van der Waals surface area contributed by atoms with Gasteiger partial charge in [-0.25, -0.2) is 14.6 Å². The van der Waals surface area contributed by atoms with Crippen LogP contribution in [-0.4, -0.2) is 73.9 Å². The molecule has 2 aromatic carbocycles. The van der Waals surface area contributed by atoms with Crippen molar-refractivity contribution in [1.82, 2.24) is 10.3 Å². The van der Waals surface area contributed by atoms with Crippen LogP contribution in [0.2, 0.25) is 0 Å². The third-order valence-corrected chi connectivity index (χ3v) is 5.80. The first-order chi connectivity index (χ1) is 17.7. The number of fused-ring (bicyclic) bond motifs is 2. The van der Waals surface area contributed by atoms with E-state index in [-0.39, 0.29) is 12.5 Å². The zero-order valence-corrected chi connectivity index (χ0v) is 20.9. The molecule has 0 saturated heterocycles. The zero-order valence-electron chi connectivity index (χ0n) is 20.9. The number of rotatable bonds is 8. The molecular weight excluding hydrogens is 480 g/mol. The van der Waals surface area contributed by atoms with E-state index in [1.54, 1.807) is 14.2 Å². The summed E-state index contributed by atoms with van der Waals surface area (Å²) >= 11 is 0. The van der Waals surface area contributed by atoms with E-state index in [4.69, 9.17) is 34.3 Å². The minimum absolute atomic E-state index is 0.0552. The molecule has 1 aliphatic heterocycles. The van der Waals surface area contributed by atoms with Crippen molar-refractivity contribution in [3.8, 4) is 11.5 Å². The summed E-state index contributed by atoms with van der Waals surface area (Å²) in [6.07, 6.45) is 1.66. The first kappa shape index (κ1) is 27.2. The van der Waals surface area contributed by atoms with Gasteiger partial charge in [-0.3, -0.25) is 4.79 Å². The van der Waals surface area contributed by atoms with Gasteiger partial charge in [0.15, 0.2) is 11.5 Å². The van der Waals surface area contributed by atoms with Gasteiger partial charge in [0.2, 0.25) is 5.91 Å². The third kappa shape index (κ3) is 6.85. The van der Waals surface area contributed by atoms with Gasteiger partial charge in [0.25, 0.3) is 0 Å². The summed E-state index contributed by atoms with van der Waals surface area (Å²) in [5, 5.41) is 22.1. The number of ether oxygens (including phenoxy) is 2. The minimum atomic E-state index is -1.82. The van der Waals surface area contributed by atoms with Gasteiger partial charge in [0, 0.05) is 24.5 Å². The van der Waals surface area contributed by atoms with E-state index in [1.807, 2.05) is 49.5 Å². The molecule has 0 atom stereocenters. The van der Waals surface area contributed by atoms with Crippen LogP contribution < -0.4 is 25.0 Å². The fourth-order valence-electron chi connectivity index (χ4n) is 3.97. The molecule has 0 spiro atoms. The van der Waals surface area contributed by atoms with Crippen molar-refractivity contribution in [1.29, 1.82) is 0 Å². The maximum absolute atomic E-state index is 12.7. The van der Waals surface area contributed by atoms with Gasteiger partial charge in [0.05, 0.1) is 32.0 Å². The number of pyridine rings is 1. The monoisotopic (exact) mass is 510 g/mol. The van der Waals surface area contributed by atoms with Crippen LogP contribution in [0.4, 0.5) is 11.5 Å². The number of carboxylic acids is 2. The number of anilines is 2. The molecule has 37 heavy (non-hydrogen) atoms. The number of hydrogen-bond donors (Lipinski definition) is 4. The lowest BCUT2D eigenvalue weighted by atomic mass is 10.1. The highest BCUT2D eigenvalue weighted by atomic mass is 16.5. The van der Waals surface area contributed by atoms with Crippen LogP contribution in [0.1, 0.15) is 11.1 Å². The molecule has 3 aromatic rings. The van der Waals surface area contributed by atoms with Gasteiger partial charge >= 0.3 is 11.9 Å². The highest BCUT2D eigenvalue weighted by Crippen LogP contribution is 2.36. The topological polar surface area (TPSA) is 150 Å². The van der Waals surface area contributed by atoms with Gasteiger partial charge < -0.3 is 35.2 Å². The number of para-hydroxylation sites is 1. The molecule has 0 radical (unpaired) electrons. The van der Waals surface area contributed by atoms with Crippen molar-refractivity contribution in [3.05, 3.63) is 53.6 Å². The maximum atomic E-state index is 12.7. The largest absolute Gasteiger partial charge is 0.493 e. The van der Waals surface area contributed by atoms with Crippen molar-refractivity contribution < 1.29 is 34.1 Å². The summed E-state index contributed by atoms with van der Waals surface area (Å²) in [5.74, 6) is -1.33. The second-order valence-corrected chi connectivity index (χ2v) is 8.25. The van der Waals surface area contributed by atoms with E-state index in [9.17, 15) is 4.79 Å². The van der Waals surface area contributed by atoms with Crippen molar-refractivity contribution in [3.63, 3.8) is 0 Å². The SMILES string of the molecule is COc1ccc(CCNCC(=O)Nc2c3c(nc4ccccc24)N(C)CC3)cc1OC.O=C(O)C(=O)O. The number of carbonyl (C=O) groups excluding carboxylic acids is 1. The second kappa shape index (κ2) is 12.5. The quantitative estimate of drug-likeness (QED) is 0.262. The molecule has 0 fully saturated rings. The normalized spacial score (nSPS) is 11.8. The second-order valence-electron chi connectivity index (χ2n) is 8.25. The van der Waals surface area contributed by atoms with Gasteiger partial charge in [0.1, 0.15) is 5.82 Å². The lowest BCUT2D eigenvalue weighted by Gasteiger charge is -2.16. The van der Waals surface area contributed by atoms with Crippen LogP contribution in [0, 0.1) is 0 Å². The molecule has 11 heteroatoms. The maximum Gasteiger partial charge on any atom is 0.414 e. The molecular formula is C26H30N4O7. The molecule has 1 aliphatic rings. The van der Waals surface area contributed by atoms with Crippen molar-refractivity contribution in [2.24, 2.45) is 0 Å². The number of benzene rings is 2. The molecule has 4 rings (SSSR count). The summed E-state index contributed by atoms with van der Waals surface area (Å²) in [7, 11) is 5.29. The molecule has 0 unspecified atom stereocenters. The molecule has 1 aromatic heterocycles. The first-order valence-electron chi connectivity index (χ1n) is 11.6. The van der Waals surface area contributed by atoms with E-state index in [2.05, 4.69) is 15.5 Å². The first-order valence-corrected chi connectivity index (χ1v) is 11.6. The molecule has 0 saturated carbocycles. The highest BCUT2D eigenvalue weighted by molar-refractivity contribution is 6.27. The average Bonchev–Trinajstić information content (AvgIpc) is 3.26. The number of amides is 1. The van der Waals surface area contributed by atoms with Gasteiger partial charge in [-0.05, 0) is 43.1 Å². The number of carbonyl (C=O) groups is 3. The Hall–Kier alpha value is -4.38. The predicted octanol–water partition coefficient (Wildman–Crippen LogP) is 2.17. The van der Waals surface area contributed by atoms with Crippen molar-refractivity contribution in [2.45, 2.75) is 12.8 Å². The number of hydrogen-bond acceptors (Lipinski definition) is 8. The van der Waals surface area contributed by atoms with Crippen molar-refractivity contribution >= 4 is 40.3 Å². The van der Waals surface area contributed by atoms with Crippen LogP contribution >= 0.6 is 0 Å². The number of nitrogens with zero attached hydrogens (tertiary/aromatic N) is 2. The van der Waals surface area contributed by atoms with E-state index in [1.165, 1.54) is 0 Å². The lowest BCUT2D eigenvalue weighted by Crippen LogP contribution is -2.30. The van der Waals surface area contributed by atoms with Crippen LogP contribution in [0.5, 0.6) is 11.5 Å². The summed E-state index contributed by atoms with van der Waals surface area (Å²) in [6, 6.07) is 13.8. The van der Waals surface area contributed by atoms with E-state index >= 15 is 0 Å². The zero-order chi connectivity index (χ0) is 26.9. The molecule has 1 amide bonds. The van der Waals surface area contributed by atoms with Crippen molar-refractivity contribution in [2.75, 3.05) is 51.1 Å².